The van der Waals surface area contributed by atoms with Crippen LogP contribution >= 0.6 is 67.8 Å². The minimum atomic E-state index is -0.845. The Balaban J connectivity index is 0.00000862. The summed E-state index contributed by atoms with van der Waals surface area (Å²) in [5.41, 5.74) is 0.774. The molecule has 0 aliphatic carbocycles. The molecule has 1 N–H and O–H groups in total. The summed E-state index contributed by atoms with van der Waals surface area (Å²) in [5, 5.41) is 9.29. The second-order valence-electron chi connectivity index (χ2n) is 8.53. The monoisotopic (exact) mass is 943 g/mol. The Kier molecular flexibility index (Phi) is 21.0. The second-order valence-corrected chi connectivity index (χ2v) is 11.8. The molecule has 1 aromatic rings. The minimum Gasteiger partial charge on any atom is -0.462 e. The number of aliphatic hydroxyl groups excluding tert-OH is 1. The molecule has 0 saturated heterocycles. The van der Waals surface area contributed by atoms with E-state index in [-0.39, 0.29) is 68.2 Å². The smallest absolute Gasteiger partial charge is 0.303 e. The van der Waals surface area contributed by atoms with Crippen LogP contribution in [0.1, 0.15) is 87.9 Å². The van der Waals surface area contributed by atoms with Gasteiger partial charge in [0.15, 0.2) is 11.6 Å². The fraction of sp³-hybridized carbons (Fsp3) is 0.536. The van der Waals surface area contributed by atoms with E-state index in [1.54, 1.807) is 0 Å². The number of hydrogen-bond acceptors (Lipinski definition) is 12. The number of rotatable bonds is 16. The van der Waals surface area contributed by atoms with Gasteiger partial charge in [0.2, 0.25) is 0 Å². The summed E-state index contributed by atoms with van der Waals surface area (Å²) < 4.78 is 21.5. The van der Waals surface area contributed by atoms with Crippen LogP contribution in [0.3, 0.4) is 0 Å². The highest BCUT2D eigenvalue weighted by Gasteiger charge is 2.29. The van der Waals surface area contributed by atoms with Gasteiger partial charge in [-0.25, -0.2) is 0 Å². The van der Waals surface area contributed by atoms with Crippen molar-refractivity contribution in [1.29, 1.82) is 0 Å². The molecule has 240 valence electrons. The van der Waals surface area contributed by atoms with Crippen LogP contribution in [-0.4, -0.2) is 78.8 Å². The third kappa shape index (κ3) is 15.2. The maximum atomic E-state index is 13.5. The van der Waals surface area contributed by atoms with Crippen LogP contribution < -0.4 is 0 Å². The number of hydrogen-bond donors (Lipinski definition) is 1. The number of carbonyl (C=O) groups is 6. The Morgan fingerprint density at radius 1 is 0.698 bits per heavy atom. The van der Waals surface area contributed by atoms with E-state index in [1.807, 2.05) is 81.6 Å². The Bertz CT molecular complexity index is 1120. The molecule has 0 aliphatic heterocycles. The number of aliphatic imine (C=N–C) groups is 1. The first-order valence-corrected chi connectivity index (χ1v) is 16.4. The Labute approximate surface area is 291 Å². The second kappa shape index (κ2) is 21.9. The van der Waals surface area contributed by atoms with Crippen molar-refractivity contribution in [3.8, 4) is 0 Å². The van der Waals surface area contributed by atoms with Crippen molar-refractivity contribution in [3.63, 3.8) is 0 Å². The van der Waals surface area contributed by atoms with Gasteiger partial charge in [0.1, 0.15) is 25.4 Å². The Morgan fingerprint density at radius 3 is 1.37 bits per heavy atom. The molecule has 1 rings (SSSR count). The SMILES string of the molecule is CC.CC(=O)OCC(CCC(=O)c1c(I)c(N=CCO)c(I)c(C(=O)CCC(COC(C)=O)OC(C)=O)c1I)OC(C)=O. The maximum absolute atomic E-state index is 13.5. The van der Waals surface area contributed by atoms with E-state index in [0.29, 0.717) is 16.4 Å². The van der Waals surface area contributed by atoms with Gasteiger partial charge >= 0.3 is 23.9 Å². The topological polar surface area (TPSA) is 172 Å². The molecule has 2 unspecified atom stereocenters. The van der Waals surface area contributed by atoms with Gasteiger partial charge in [0.25, 0.3) is 0 Å². The lowest BCUT2D eigenvalue weighted by molar-refractivity contribution is -0.156. The lowest BCUT2D eigenvalue weighted by atomic mass is 9.97. The van der Waals surface area contributed by atoms with Crippen molar-refractivity contribution >= 4 is 115 Å². The molecule has 2 atom stereocenters. The fourth-order valence-electron chi connectivity index (χ4n) is 3.46. The molecule has 43 heavy (non-hydrogen) atoms. The molecule has 0 amide bonds. The highest BCUT2D eigenvalue weighted by atomic mass is 127. The summed E-state index contributed by atoms with van der Waals surface area (Å²) in [7, 11) is 0. The van der Waals surface area contributed by atoms with Gasteiger partial charge in [-0.15, -0.1) is 0 Å². The Hall–Kier alpha value is -1.74. The van der Waals surface area contributed by atoms with Crippen molar-refractivity contribution in [3.05, 3.63) is 21.8 Å². The van der Waals surface area contributed by atoms with E-state index < -0.39 is 36.1 Å². The predicted molar refractivity (Wildman–Crippen MR) is 183 cm³/mol. The van der Waals surface area contributed by atoms with Crippen molar-refractivity contribution in [2.75, 3.05) is 19.8 Å². The van der Waals surface area contributed by atoms with Crippen LogP contribution in [0.5, 0.6) is 0 Å². The normalized spacial score (nSPS) is 12.0. The molecule has 0 spiro atoms. The van der Waals surface area contributed by atoms with Gasteiger partial charge in [0, 0.05) is 61.4 Å². The number of benzene rings is 1. The molecular formula is C28H36I3NO11. The largest absolute Gasteiger partial charge is 0.462 e. The quantitative estimate of drug-likeness (QED) is 0.0766. The molecule has 0 radical (unpaired) electrons. The zero-order chi connectivity index (χ0) is 33.3. The van der Waals surface area contributed by atoms with E-state index in [4.69, 9.17) is 18.9 Å². The lowest BCUT2D eigenvalue weighted by Crippen LogP contribution is -2.25. The van der Waals surface area contributed by atoms with E-state index in [9.17, 15) is 33.9 Å². The predicted octanol–water partition coefficient (Wildman–Crippen LogP) is 5.14. The summed E-state index contributed by atoms with van der Waals surface area (Å²) in [4.78, 5) is 76.6. The highest BCUT2D eigenvalue weighted by Crippen LogP contribution is 2.39. The molecule has 15 heteroatoms. The van der Waals surface area contributed by atoms with Crippen molar-refractivity contribution in [1.82, 2.24) is 0 Å². The van der Waals surface area contributed by atoms with Gasteiger partial charge in [-0.2, -0.15) is 0 Å². The zero-order valence-corrected chi connectivity index (χ0v) is 31.3. The van der Waals surface area contributed by atoms with Crippen LogP contribution in [0.2, 0.25) is 0 Å². The first-order valence-electron chi connectivity index (χ1n) is 13.2. The number of ketones is 2. The first kappa shape index (κ1) is 41.3. The number of nitrogens with zero attached hydrogens (tertiary/aromatic N) is 1. The summed E-state index contributed by atoms with van der Waals surface area (Å²) in [6.45, 7) is 8.04. The van der Waals surface area contributed by atoms with Crippen LogP contribution in [0.4, 0.5) is 5.69 Å². The number of halogens is 3. The highest BCUT2D eigenvalue weighted by molar-refractivity contribution is 14.1. The summed E-state index contributed by atoms with van der Waals surface area (Å²) in [6, 6.07) is 0. The molecule has 0 heterocycles. The number of esters is 4. The fourth-order valence-corrected chi connectivity index (χ4v) is 8.11. The molecular weight excluding hydrogens is 907 g/mol. The lowest BCUT2D eigenvalue weighted by Gasteiger charge is -2.19. The average Bonchev–Trinajstić information content (AvgIpc) is 2.92. The molecule has 0 aromatic heterocycles. The van der Waals surface area contributed by atoms with Crippen LogP contribution in [0, 0.1) is 10.7 Å². The molecule has 0 aliphatic rings. The van der Waals surface area contributed by atoms with Crippen LogP contribution in [0.25, 0.3) is 0 Å². The standard InChI is InChI=1S/C26H30I3NO11.C2H6/c1-13(32)38-11-17(40-15(3)34)5-7-19(36)21-23(27)22(25(29)26(24(21)28)30-9-10-31)20(37)8-6-18(41-16(4)35)12-39-14(2)33;1-2/h9,17-18,31H,5-8,10-12H2,1-4H3;1-2H3. The summed E-state index contributed by atoms with van der Waals surface area (Å²) >= 11 is 5.83. The van der Waals surface area contributed by atoms with E-state index in [0.717, 1.165) is 0 Å². The van der Waals surface area contributed by atoms with Crippen molar-refractivity contribution < 1.29 is 52.8 Å². The summed E-state index contributed by atoms with van der Waals surface area (Å²) in [6.07, 6.45) is -0.531. The van der Waals surface area contributed by atoms with Gasteiger partial charge in [-0.1, -0.05) is 13.8 Å². The zero-order valence-electron chi connectivity index (χ0n) is 24.8. The molecule has 0 bridgehead atoms. The minimum absolute atomic E-state index is 0.0581. The third-order valence-corrected chi connectivity index (χ3v) is 8.33. The van der Waals surface area contributed by atoms with Crippen molar-refractivity contribution in [2.24, 2.45) is 4.99 Å². The van der Waals surface area contributed by atoms with Gasteiger partial charge in [-0.3, -0.25) is 33.8 Å². The summed E-state index contributed by atoms with van der Waals surface area (Å²) in [5.74, 6) is -3.04. The van der Waals surface area contributed by atoms with Crippen LogP contribution in [-0.2, 0) is 38.1 Å². The first-order chi connectivity index (χ1) is 20.2. The molecule has 12 nitrogen and oxygen atoms in total. The van der Waals surface area contributed by atoms with Crippen molar-refractivity contribution in [2.45, 2.75) is 79.4 Å². The van der Waals surface area contributed by atoms with E-state index >= 15 is 0 Å². The Morgan fingerprint density at radius 2 is 1.07 bits per heavy atom. The van der Waals surface area contributed by atoms with Gasteiger partial charge in [-0.05, 0) is 80.6 Å². The third-order valence-electron chi connectivity index (χ3n) is 5.15. The number of ether oxygens (including phenoxy) is 4. The van der Waals surface area contributed by atoms with Crippen LogP contribution in [0.15, 0.2) is 4.99 Å². The molecule has 0 fully saturated rings. The molecule has 1 aromatic carbocycles. The maximum Gasteiger partial charge on any atom is 0.303 e. The number of Topliss-reactive ketones (excluding diaryl/α,β-unsaturated/α-hetero) is 2. The van der Waals surface area contributed by atoms with Gasteiger partial charge in [0.05, 0.1) is 19.4 Å². The van der Waals surface area contributed by atoms with E-state index in [1.165, 1.54) is 33.9 Å². The van der Waals surface area contributed by atoms with E-state index in [2.05, 4.69) is 4.99 Å². The average molecular weight is 943 g/mol. The number of aliphatic hydroxyl groups is 1. The molecule has 0 saturated carbocycles. The van der Waals surface area contributed by atoms with Gasteiger partial charge < -0.3 is 24.1 Å². The number of carbonyl (C=O) groups excluding carboxylic acids is 6.